The minimum atomic E-state index is 0.639. The standard InChI is InChI=1S/C7H10S/c1-4-5-6-8-7(2)3/h1,5-7H,2-3H3. The third-order valence-electron chi connectivity index (χ3n) is 0.515. The lowest BCUT2D eigenvalue weighted by Crippen LogP contribution is -1.79. The van der Waals surface area contributed by atoms with Crippen LogP contribution in [0.3, 0.4) is 0 Å². The van der Waals surface area contributed by atoms with Crippen LogP contribution in [0.1, 0.15) is 13.8 Å². The van der Waals surface area contributed by atoms with Gasteiger partial charge in [0.1, 0.15) is 0 Å². The zero-order valence-corrected chi connectivity index (χ0v) is 6.03. The Morgan fingerprint density at radius 2 is 2.25 bits per heavy atom. The van der Waals surface area contributed by atoms with Crippen LogP contribution in [-0.2, 0) is 0 Å². The summed E-state index contributed by atoms with van der Waals surface area (Å²) in [6.07, 6.45) is 6.68. The lowest BCUT2D eigenvalue weighted by atomic mass is 10.6. The summed E-state index contributed by atoms with van der Waals surface area (Å²) in [6.45, 7) is 4.26. The van der Waals surface area contributed by atoms with Gasteiger partial charge in [-0.1, -0.05) is 19.8 Å². The van der Waals surface area contributed by atoms with Gasteiger partial charge < -0.3 is 0 Å². The van der Waals surface area contributed by atoms with Crippen LogP contribution in [0.4, 0.5) is 0 Å². The van der Waals surface area contributed by atoms with Gasteiger partial charge in [0, 0.05) is 5.25 Å². The second kappa shape index (κ2) is 4.80. The molecule has 0 unspecified atom stereocenters. The second-order valence-corrected chi connectivity index (χ2v) is 3.14. The molecule has 8 heavy (non-hydrogen) atoms. The lowest BCUT2D eigenvalue weighted by molar-refractivity contribution is 1.12. The van der Waals surface area contributed by atoms with Crippen molar-refractivity contribution in [3.8, 4) is 12.3 Å². The van der Waals surface area contributed by atoms with E-state index in [1.807, 2.05) is 5.41 Å². The van der Waals surface area contributed by atoms with Crippen LogP contribution >= 0.6 is 11.8 Å². The van der Waals surface area contributed by atoms with Gasteiger partial charge in [0.05, 0.1) is 0 Å². The fraction of sp³-hybridized carbons (Fsp3) is 0.429. The van der Waals surface area contributed by atoms with Crippen molar-refractivity contribution in [2.45, 2.75) is 19.1 Å². The molecule has 0 saturated heterocycles. The topological polar surface area (TPSA) is 0 Å². The van der Waals surface area contributed by atoms with Gasteiger partial charge in [-0.15, -0.1) is 18.2 Å². The number of hydrogen-bond donors (Lipinski definition) is 0. The van der Waals surface area contributed by atoms with E-state index in [0.717, 1.165) is 0 Å². The summed E-state index contributed by atoms with van der Waals surface area (Å²) in [7, 11) is 0. The summed E-state index contributed by atoms with van der Waals surface area (Å²) in [6, 6.07) is 0. The molecule has 0 radical (unpaired) electrons. The van der Waals surface area contributed by atoms with Crippen LogP contribution in [0.2, 0.25) is 0 Å². The van der Waals surface area contributed by atoms with E-state index in [1.165, 1.54) is 0 Å². The molecule has 0 N–H and O–H groups in total. The largest absolute Gasteiger partial charge is 0.131 e. The third kappa shape index (κ3) is 5.65. The van der Waals surface area contributed by atoms with Gasteiger partial charge in [-0.25, -0.2) is 0 Å². The molecule has 44 valence electrons. The predicted octanol–water partition coefficient (Wildman–Crippen LogP) is 2.27. The second-order valence-electron chi connectivity index (χ2n) is 1.65. The fourth-order valence-corrected chi connectivity index (χ4v) is 0.707. The van der Waals surface area contributed by atoms with Gasteiger partial charge in [-0.05, 0) is 11.5 Å². The number of rotatable bonds is 2. The Kier molecular flexibility index (Phi) is 4.59. The Hall–Kier alpha value is -0.350. The van der Waals surface area contributed by atoms with Gasteiger partial charge in [-0.3, -0.25) is 0 Å². The van der Waals surface area contributed by atoms with E-state index in [-0.39, 0.29) is 0 Å². The molecule has 0 aliphatic rings. The number of thioether (sulfide) groups is 1. The maximum absolute atomic E-state index is 4.96. The molecule has 0 fully saturated rings. The molecule has 0 bridgehead atoms. The SMILES string of the molecule is C#CC=CSC(C)C. The van der Waals surface area contributed by atoms with Crippen molar-refractivity contribution in [3.05, 3.63) is 11.5 Å². The lowest BCUT2D eigenvalue weighted by Gasteiger charge is -1.93. The smallest absolute Gasteiger partial charge is 0.00320 e. The quantitative estimate of drug-likeness (QED) is 0.511. The van der Waals surface area contributed by atoms with Crippen LogP contribution in [0.15, 0.2) is 11.5 Å². The Bertz CT molecular complexity index is 106. The van der Waals surface area contributed by atoms with E-state index in [0.29, 0.717) is 5.25 Å². The highest BCUT2D eigenvalue weighted by molar-refractivity contribution is 8.02. The molecule has 0 nitrogen and oxygen atoms in total. The molecule has 0 aliphatic heterocycles. The summed E-state index contributed by atoms with van der Waals surface area (Å²) < 4.78 is 0. The molecule has 0 aromatic carbocycles. The Morgan fingerprint density at radius 1 is 1.62 bits per heavy atom. The van der Waals surface area contributed by atoms with Crippen LogP contribution in [-0.4, -0.2) is 5.25 Å². The highest BCUT2D eigenvalue weighted by Gasteiger charge is 1.84. The zero-order chi connectivity index (χ0) is 6.41. The minimum Gasteiger partial charge on any atom is -0.131 e. The van der Waals surface area contributed by atoms with E-state index in [1.54, 1.807) is 17.8 Å². The summed E-state index contributed by atoms with van der Waals surface area (Å²) in [4.78, 5) is 0. The molecular formula is C7H10S. The van der Waals surface area contributed by atoms with E-state index < -0.39 is 0 Å². The van der Waals surface area contributed by atoms with Gasteiger partial charge in [-0.2, -0.15) is 0 Å². The Balaban J connectivity index is 3.19. The first-order chi connectivity index (χ1) is 3.77. The summed E-state index contributed by atoms with van der Waals surface area (Å²) in [5, 5.41) is 2.57. The van der Waals surface area contributed by atoms with E-state index in [2.05, 4.69) is 19.8 Å². The summed E-state index contributed by atoms with van der Waals surface area (Å²) in [5.74, 6) is 2.42. The highest BCUT2D eigenvalue weighted by atomic mass is 32.2. The first-order valence-corrected chi connectivity index (χ1v) is 3.48. The maximum atomic E-state index is 4.96. The van der Waals surface area contributed by atoms with E-state index in [9.17, 15) is 0 Å². The molecule has 0 spiro atoms. The summed E-state index contributed by atoms with van der Waals surface area (Å²) >= 11 is 1.73. The molecule has 0 aromatic heterocycles. The third-order valence-corrected chi connectivity index (χ3v) is 1.35. The first-order valence-electron chi connectivity index (χ1n) is 2.54. The molecule has 0 aliphatic carbocycles. The number of terminal acetylenes is 1. The molecule has 1 heteroatoms. The van der Waals surface area contributed by atoms with Crippen molar-refractivity contribution in [3.63, 3.8) is 0 Å². The van der Waals surface area contributed by atoms with Gasteiger partial charge in [0.25, 0.3) is 0 Å². The molecular weight excluding hydrogens is 116 g/mol. The number of allylic oxidation sites excluding steroid dienone is 1. The van der Waals surface area contributed by atoms with Crippen molar-refractivity contribution in [1.82, 2.24) is 0 Å². The average molecular weight is 126 g/mol. The average Bonchev–Trinajstić information content (AvgIpc) is 1.66. The van der Waals surface area contributed by atoms with Crippen molar-refractivity contribution >= 4 is 11.8 Å². The highest BCUT2D eigenvalue weighted by Crippen LogP contribution is 2.08. The molecule has 0 saturated carbocycles. The van der Waals surface area contributed by atoms with Crippen LogP contribution in [0.25, 0.3) is 0 Å². The van der Waals surface area contributed by atoms with Gasteiger partial charge >= 0.3 is 0 Å². The maximum Gasteiger partial charge on any atom is 0.00320 e. The number of hydrogen-bond acceptors (Lipinski definition) is 1. The van der Waals surface area contributed by atoms with Crippen molar-refractivity contribution < 1.29 is 0 Å². The van der Waals surface area contributed by atoms with Crippen molar-refractivity contribution in [2.24, 2.45) is 0 Å². The molecule has 0 amide bonds. The predicted molar refractivity (Wildman–Crippen MR) is 40.7 cm³/mol. The van der Waals surface area contributed by atoms with Crippen LogP contribution in [0, 0.1) is 12.3 Å². The Labute approximate surface area is 55.4 Å². The normalized spacial score (nSPS) is 10.2. The van der Waals surface area contributed by atoms with Crippen molar-refractivity contribution in [1.29, 1.82) is 0 Å². The van der Waals surface area contributed by atoms with E-state index in [4.69, 9.17) is 6.42 Å². The van der Waals surface area contributed by atoms with Crippen LogP contribution in [0.5, 0.6) is 0 Å². The zero-order valence-electron chi connectivity index (χ0n) is 5.22. The first kappa shape index (κ1) is 7.65. The molecule has 0 aromatic rings. The van der Waals surface area contributed by atoms with E-state index >= 15 is 0 Å². The van der Waals surface area contributed by atoms with Crippen molar-refractivity contribution in [2.75, 3.05) is 0 Å². The molecule has 0 rings (SSSR count). The summed E-state index contributed by atoms with van der Waals surface area (Å²) in [5.41, 5.74) is 0. The van der Waals surface area contributed by atoms with Gasteiger partial charge in [0.15, 0.2) is 0 Å². The molecule has 0 heterocycles. The minimum absolute atomic E-state index is 0.639. The molecule has 0 atom stereocenters. The fourth-order valence-electron chi connectivity index (χ4n) is 0.236. The van der Waals surface area contributed by atoms with Gasteiger partial charge in [0.2, 0.25) is 0 Å². The van der Waals surface area contributed by atoms with Crippen LogP contribution < -0.4 is 0 Å². The Morgan fingerprint density at radius 3 is 2.62 bits per heavy atom. The monoisotopic (exact) mass is 126 g/mol.